The highest BCUT2D eigenvalue weighted by Crippen LogP contribution is 2.18. The SMILES string of the molecule is CCCCCC(=O)Nc1ccnn1Cc1ccccc1Cl. The molecule has 0 radical (unpaired) electrons. The van der Waals surface area contributed by atoms with Crippen LogP contribution in [0.15, 0.2) is 36.5 Å². The molecule has 2 aromatic rings. The summed E-state index contributed by atoms with van der Waals surface area (Å²) >= 11 is 6.16. The number of carbonyl (C=O) groups is 1. The van der Waals surface area contributed by atoms with Crippen LogP contribution in [0.1, 0.15) is 38.2 Å². The first-order chi connectivity index (χ1) is 10.2. The van der Waals surface area contributed by atoms with Gasteiger partial charge in [0.15, 0.2) is 0 Å². The smallest absolute Gasteiger partial charge is 0.225 e. The summed E-state index contributed by atoms with van der Waals surface area (Å²) in [4.78, 5) is 11.9. The van der Waals surface area contributed by atoms with Crippen LogP contribution in [0.25, 0.3) is 0 Å². The minimum Gasteiger partial charge on any atom is -0.311 e. The Labute approximate surface area is 130 Å². The Bertz CT molecular complexity index is 595. The Hall–Kier alpha value is -1.81. The maximum absolute atomic E-state index is 11.9. The van der Waals surface area contributed by atoms with Crippen LogP contribution in [0, 0.1) is 0 Å². The fourth-order valence-corrected chi connectivity index (χ4v) is 2.29. The summed E-state index contributed by atoms with van der Waals surface area (Å²) in [6.45, 7) is 2.66. The molecule has 5 heteroatoms. The molecule has 0 saturated heterocycles. The van der Waals surface area contributed by atoms with Crippen LogP contribution in [-0.4, -0.2) is 15.7 Å². The van der Waals surface area contributed by atoms with Gasteiger partial charge in [-0.25, -0.2) is 4.68 Å². The van der Waals surface area contributed by atoms with E-state index < -0.39 is 0 Å². The molecule has 0 atom stereocenters. The van der Waals surface area contributed by atoms with Crippen molar-refractivity contribution in [2.45, 2.75) is 39.2 Å². The summed E-state index contributed by atoms with van der Waals surface area (Å²) in [5, 5.41) is 7.86. The van der Waals surface area contributed by atoms with E-state index in [1.807, 2.05) is 24.3 Å². The second-order valence-electron chi connectivity index (χ2n) is 4.97. The molecular weight excluding hydrogens is 286 g/mol. The summed E-state index contributed by atoms with van der Waals surface area (Å²) in [6.07, 6.45) is 5.33. The normalized spacial score (nSPS) is 10.6. The second-order valence-corrected chi connectivity index (χ2v) is 5.38. The lowest BCUT2D eigenvalue weighted by Gasteiger charge is -2.10. The zero-order valence-electron chi connectivity index (χ0n) is 12.2. The Balaban J connectivity index is 1.99. The Kier molecular flexibility index (Phi) is 5.81. The first-order valence-corrected chi connectivity index (χ1v) is 7.63. The van der Waals surface area contributed by atoms with Crippen molar-refractivity contribution in [3.05, 3.63) is 47.1 Å². The van der Waals surface area contributed by atoms with Gasteiger partial charge in [-0.05, 0) is 18.1 Å². The predicted molar refractivity (Wildman–Crippen MR) is 85.6 cm³/mol. The van der Waals surface area contributed by atoms with Gasteiger partial charge >= 0.3 is 0 Å². The highest BCUT2D eigenvalue weighted by molar-refractivity contribution is 6.31. The molecule has 0 unspecified atom stereocenters. The lowest BCUT2D eigenvalue weighted by Crippen LogP contribution is -2.15. The Morgan fingerprint density at radius 3 is 2.86 bits per heavy atom. The molecular formula is C16H20ClN3O. The summed E-state index contributed by atoms with van der Waals surface area (Å²) in [5.41, 5.74) is 0.976. The van der Waals surface area contributed by atoms with Gasteiger partial charge in [-0.15, -0.1) is 0 Å². The van der Waals surface area contributed by atoms with Crippen molar-refractivity contribution < 1.29 is 4.79 Å². The molecule has 0 saturated carbocycles. The molecule has 1 amide bonds. The van der Waals surface area contributed by atoms with E-state index in [9.17, 15) is 4.79 Å². The standard InChI is InChI=1S/C16H20ClN3O/c1-2-3-4-9-16(21)19-15-10-11-18-20(15)12-13-7-5-6-8-14(13)17/h5-8,10-11H,2-4,9,12H2,1H3,(H,19,21). The molecule has 2 rings (SSSR count). The number of nitrogens with one attached hydrogen (secondary N) is 1. The number of carbonyl (C=O) groups excluding carboxylic acids is 1. The number of nitrogens with zero attached hydrogens (tertiary/aromatic N) is 2. The van der Waals surface area contributed by atoms with Gasteiger partial charge in [0.2, 0.25) is 5.91 Å². The first-order valence-electron chi connectivity index (χ1n) is 7.25. The number of rotatable bonds is 7. The zero-order chi connectivity index (χ0) is 15.1. The third kappa shape index (κ3) is 4.60. The molecule has 4 nitrogen and oxygen atoms in total. The number of amides is 1. The molecule has 1 aromatic heterocycles. The lowest BCUT2D eigenvalue weighted by molar-refractivity contribution is -0.116. The molecule has 0 fully saturated rings. The number of anilines is 1. The second kappa shape index (κ2) is 7.84. The topological polar surface area (TPSA) is 46.9 Å². The molecule has 1 N–H and O–H groups in total. The molecule has 21 heavy (non-hydrogen) atoms. The summed E-state index contributed by atoms with van der Waals surface area (Å²) < 4.78 is 1.75. The monoisotopic (exact) mass is 305 g/mol. The van der Waals surface area contributed by atoms with Gasteiger partial charge in [-0.1, -0.05) is 49.6 Å². The van der Waals surface area contributed by atoms with Crippen molar-refractivity contribution >= 4 is 23.3 Å². The van der Waals surface area contributed by atoms with Gasteiger partial charge in [0.05, 0.1) is 12.7 Å². The van der Waals surface area contributed by atoms with Crippen molar-refractivity contribution in [2.75, 3.05) is 5.32 Å². The van der Waals surface area contributed by atoms with E-state index in [2.05, 4.69) is 17.3 Å². The minimum absolute atomic E-state index is 0.0318. The molecule has 0 aliphatic rings. The summed E-state index contributed by atoms with van der Waals surface area (Å²) in [5.74, 6) is 0.737. The van der Waals surface area contributed by atoms with Gasteiger partial charge in [0.1, 0.15) is 5.82 Å². The summed E-state index contributed by atoms with van der Waals surface area (Å²) in [7, 11) is 0. The van der Waals surface area contributed by atoms with Gasteiger partial charge in [-0.2, -0.15) is 5.10 Å². The molecule has 0 bridgehead atoms. The van der Waals surface area contributed by atoms with Gasteiger partial charge in [0, 0.05) is 17.5 Å². The van der Waals surface area contributed by atoms with E-state index in [0.717, 1.165) is 24.8 Å². The number of unbranched alkanes of at least 4 members (excludes halogenated alkanes) is 2. The third-order valence-electron chi connectivity index (χ3n) is 3.27. The molecule has 1 aromatic carbocycles. The number of aromatic nitrogens is 2. The molecule has 0 aliphatic carbocycles. The molecule has 112 valence electrons. The van der Waals surface area contributed by atoms with E-state index in [1.54, 1.807) is 16.9 Å². The van der Waals surface area contributed by atoms with Crippen molar-refractivity contribution in [1.82, 2.24) is 9.78 Å². The summed E-state index contributed by atoms with van der Waals surface area (Å²) in [6, 6.07) is 9.44. The van der Waals surface area contributed by atoms with Gasteiger partial charge < -0.3 is 5.32 Å². The van der Waals surface area contributed by atoms with Crippen LogP contribution < -0.4 is 5.32 Å². The average Bonchev–Trinajstić information content (AvgIpc) is 2.89. The van der Waals surface area contributed by atoms with E-state index in [1.165, 1.54) is 0 Å². The van der Waals surface area contributed by atoms with Crippen LogP contribution in [-0.2, 0) is 11.3 Å². The predicted octanol–water partition coefficient (Wildman–Crippen LogP) is 4.10. The third-order valence-corrected chi connectivity index (χ3v) is 3.64. The molecule has 1 heterocycles. The van der Waals surface area contributed by atoms with E-state index in [-0.39, 0.29) is 5.91 Å². The van der Waals surface area contributed by atoms with E-state index in [0.29, 0.717) is 23.8 Å². The average molecular weight is 306 g/mol. The van der Waals surface area contributed by atoms with Crippen molar-refractivity contribution in [2.24, 2.45) is 0 Å². The highest BCUT2D eigenvalue weighted by atomic mass is 35.5. The number of halogens is 1. The van der Waals surface area contributed by atoms with Crippen molar-refractivity contribution in [3.8, 4) is 0 Å². The van der Waals surface area contributed by atoms with Crippen LogP contribution in [0.2, 0.25) is 5.02 Å². The maximum Gasteiger partial charge on any atom is 0.225 e. The van der Waals surface area contributed by atoms with E-state index >= 15 is 0 Å². The highest BCUT2D eigenvalue weighted by Gasteiger charge is 2.08. The minimum atomic E-state index is 0.0318. The van der Waals surface area contributed by atoms with E-state index in [4.69, 9.17) is 11.6 Å². The van der Waals surface area contributed by atoms with Crippen LogP contribution >= 0.6 is 11.6 Å². The fourth-order valence-electron chi connectivity index (χ4n) is 2.09. The quantitative estimate of drug-likeness (QED) is 0.783. The number of hydrogen-bond donors (Lipinski definition) is 1. The maximum atomic E-state index is 11.9. The number of benzene rings is 1. The fraction of sp³-hybridized carbons (Fsp3) is 0.375. The first kappa shape index (κ1) is 15.6. The molecule has 0 aliphatic heterocycles. The van der Waals surface area contributed by atoms with Crippen molar-refractivity contribution in [1.29, 1.82) is 0 Å². The van der Waals surface area contributed by atoms with Crippen LogP contribution in [0.5, 0.6) is 0 Å². The lowest BCUT2D eigenvalue weighted by atomic mass is 10.2. The Morgan fingerprint density at radius 2 is 2.10 bits per heavy atom. The zero-order valence-corrected chi connectivity index (χ0v) is 12.9. The van der Waals surface area contributed by atoms with Crippen LogP contribution in [0.3, 0.4) is 0 Å². The molecule has 0 spiro atoms. The Morgan fingerprint density at radius 1 is 1.29 bits per heavy atom. The largest absolute Gasteiger partial charge is 0.311 e. The van der Waals surface area contributed by atoms with Crippen molar-refractivity contribution in [3.63, 3.8) is 0 Å². The van der Waals surface area contributed by atoms with Gasteiger partial charge in [-0.3, -0.25) is 4.79 Å². The van der Waals surface area contributed by atoms with Gasteiger partial charge in [0.25, 0.3) is 0 Å². The van der Waals surface area contributed by atoms with Crippen LogP contribution in [0.4, 0.5) is 5.82 Å². The number of hydrogen-bond acceptors (Lipinski definition) is 2.